The first-order chi connectivity index (χ1) is 12.0. The summed E-state index contributed by atoms with van der Waals surface area (Å²) in [5.74, 6) is -0.142. The maximum absolute atomic E-state index is 12.1. The lowest BCUT2D eigenvalue weighted by Gasteiger charge is -2.13. The van der Waals surface area contributed by atoms with Crippen molar-refractivity contribution in [1.29, 1.82) is 0 Å². The van der Waals surface area contributed by atoms with Gasteiger partial charge in [-0.05, 0) is 44.4 Å². The van der Waals surface area contributed by atoms with Gasteiger partial charge in [0, 0.05) is 18.8 Å². The van der Waals surface area contributed by atoms with E-state index in [-0.39, 0.29) is 18.3 Å². The van der Waals surface area contributed by atoms with Gasteiger partial charge in [-0.25, -0.2) is 0 Å². The number of rotatable bonds is 13. The van der Waals surface area contributed by atoms with E-state index >= 15 is 0 Å². The summed E-state index contributed by atoms with van der Waals surface area (Å²) in [5.41, 5.74) is 0. The van der Waals surface area contributed by atoms with Gasteiger partial charge in [0.05, 0.1) is 6.10 Å². The van der Waals surface area contributed by atoms with Gasteiger partial charge in [-0.3, -0.25) is 9.59 Å². The Balaban J connectivity index is 2.33. The Bertz CT molecular complexity index is 453. The van der Waals surface area contributed by atoms with Crippen LogP contribution in [-0.2, 0) is 9.59 Å². The molecule has 142 valence electrons. The van der Waals surface area contributed by atoms with Gasteiger partial charge in [-0.2, -0.15) is 0 Å². The Morgan fingerprint density at radius 1 is 1.24 bits per heavy atom. The second-order valence-corrected chi connectivity index (χ2v) is 7.07. The number of ketones is 1. The highest BCUT2D eigenvalue weighted by Gasteiger charge is 2.31. The summed E-state index contributed by atoms with van der Waals surface area (Å²) in [6.07, 6.45) is 16.7. The average Bonchev–Trinajstić information content (AvgIpc) is 2.92. The van der Waals surface area contributed by atoms with Crippen molar-refractivity contribution in [1.82, 2.24) is 0 Å². The fourth-order valence-corrected chi connectivity index (χ4v) is 3.34. The molecule has 4 nitrogen and oxygen atoms in total. The van der Waals surface area contributed by atoms with Gasteiger partial charge in [0.1, 0.15) is 5.78 Å². The molecule has 0 aromatic carbocycles. The van der Waals surface area contributed by atoms with Crippen LogP contribution in [0.3, 0.4) is 0 Å². The number of aliphatic hydroxyl groups excluding tert-OH is 1. The highest BCUT2D eigenvalue weighted by molar-refractivity contribution is 5.83. The minimum absolute atomic E-state index is 0.0364. The largest absolute Gasteiger partial charge is 0.481 e. The Morgan fingerprint density at radius 3 is 2.76 bits per heavy atom. The number of carboxylic acid groups (broad SMARTS) is 1. The van der Waals surface area contributed by atoms with Gasteiger partial charge in [-0.1, -0.05) is 50.5 Å². The van der Waals surface area contributed by atoms with Crippen molar-refractivity contribution in [3.63, 3.8) is 0 Å². The Morgan fingerprint density at radius 2 is 2.04 bits per heavy atom. The summed E-state index contributed by atoms with van der Waals surface area (Å²) in [6, 6.07) is 0. The molecular weight excluding hydrogens is 316 g/mol. The van der Waals surface area contributed by atoms with Crippen LogP contribution in [-0.4, -0.2) is 28.1 Å². The van der Waals surface area contributed by atoms with Crippen LogP contribution in [0, 0.1) is 11.8 Å². The fraction of sp³-hybridized carbons (Fsp3) is 0.714. The molecule has 1 aliphatic carbocycles. The topological polar surface area (TPSA) is 74.6 Å². The number of carboxylic acids is 1. The standard InChI is InChI=1S/C21H34O4/c1-2-3-7-10-18(22)15-13-17-14-16-20(23)19(17)11-8-5-4-6-9-12-21(24)25/h5,8,13,15,17-19,22H,2-4,6-7,9-12,14,16H2,1H3,(H,24,25). The van der Waals surface area contributed by atoms with Crippen LogP contribution in [0.5, 0.6) is 0 Å². The van der Waals surface area contributed by atoms with E-state index in [4.69, 9.17) is 5.11 Å². The van der Waals surface area contributed by atoms with Crippen molar-refractivity contribution in [2.24, 2.45) is 11.8 Å². The summed E-state index contributed by atoms with van der Waals surface area (Å²) in [7, 11) is 0. The molecule has 1 rings (SSSR count). The molecule has 2 N–H and O–H groups in total. The summed E-state index contributed by atoms with van der Waals surface area (Å²) in [6.45, 7) is 2.15. The SMILES string of the molecule is CCCCCC(O)C=CC1CCC(=O)C1CC=CCCCCC(=O)O. The van der Waals surface area contributed by atoms with E-state index in [9.17, 15) is 14.7 Å². The molecule has 1 aliphatic rings. The van der Waals surface area contributed by atoms with Crippen LogP contribution < -0.4 is 0 Å². The third-order valence-electron chi connectivity index (χ3n) is 4.91. The predicted molar refractivity (Wildman–Crippen MR) is 100 cm³/mol. The average molecular weight is 350 g/mol. The van der Waals surface area contributed by atoms with Gasteiger partial charge < -0.3 is 10.2 Å². The van der Waals surface area contributed by atoms with Crippen molar-refractivity contribution in [3.8, 4) is 0 Å². The Kier molecular flexibility index (Phi) is 11.1. The van der Waals surface area contributed by atoms with Crippen molar-refractivity contribution < 1.29 is 19.8 Å². The summed E-state index contributed by atoms with van der Waals surface area (Å²) >= 11 is 0. The monoisotopic (exact) mass is 350 g/mol. The smallest absolute Gasteiger partial charge is 0.303 e. The fourth-order valence-electron chi connectivity index (χ4n) is 3.34. The molecule has 0 radical (unpaired) electrons. The lowest BCUT2D eigenvalue weighted by molar-refractivity contribution is -0.137. The lowest BCUT2D eigenvalue weighted by Crippen LogP contribution is -2.13. The van der Waals surface area contributed by atoms with Gasteiger partial charge in [0.25, 0.3) is 0 Å². The van der Waals surface area contributed by atoms with Crippen molar-refractivity contribution >= 4 is 11.8 Å². The van der Waals surface area contributed by atoms with E-state index in [0.29, 0.717) is 18.6 Å². The van der Waals surface area contributed by atoms with Crippen LogP contribution in [0.15, 0.2) is 24.3 Å². The molecule has 0 aliphatic heterocycles. The number of Topliss-reactive ketones (excluding diaryl/α,β-unsaturated/α-hetero) is 1. The molecular formula is C21H34O4. The molecule has 0 aromatic rings. The molecule has 0 aromatic heterocycles. The van der Waals surface area contributed by atoms with Gasteiger partial charge in [0.15, 0.2) is 0 Å². The summed E-state index contributed by atoms with van der Waals surface area (Å²) < 4.78 is 0. The second-order valence-electron chi connectivity index (χ2n) is 7.07. The van der Waals surface area contributed by atoms with E-state index in [0.717, 1.165) is 51.4 Å². The molecule has 0 bridgehead atoms. The third-order valence-corrected chi connectivity index (χ3v) is 4.91. The second kappa shape index (κ2) is 12.9. The van der Waals surface area contributed by atoms with E-state index in [2.05, 4.69) is 19.1 Å². The third kappa shape index (κ3) is 9.59. The first kappa shape index (κ1) is 21.6. The maximum Gasteiger partial charge on any atom is 0.303 e. The van der Waals surface area contributed by atoms with Gasteiger partial charge >= 0.3 is 5.97 Å². The quantitative estimate of drug-likeness (QED) is 0.374. The number of aliphatic carboxylic acids is 1. The number of carbonyl (C=O) groups excluding carboxylic acids is 1. The molecule has 25 heavy (non-hydrogen) atoms. The van der Waals surface area contributed by atoms with Crippen LogP contribution in [0.2, 0.25) is 0 Å². The maximum atomic E-state index is 12.1. The Labute approximate surface area is 152 Å². The van der Waals surface area contributed by atoms with Crippen molar-refractivity contribution in [2.75, 3.05) is 0 Å². The van der Waals surface area contributed by atoms with Crippen LogP contribution in [0.1, 0.15) is 77.6 Å². The highest BCUT2D eigenvalue weighted by Crippen LogP contribution is 2.33. The van der Waals surface area contributed by atoms with Gasteiger partial charge in [0.2, 0.25) is 0 Å². The van der Waals surface area contributed by atoms with Gasteiger partial charge in [-0.15, -0.1) is 0 Å². The number of aliphatic hydroxyl groups is 1. The molecule has 0 saturated heterocycles. The van der Waals surface area contributed by atoms with E-state index in [1.807, 2.05) is 12.2 Å². The van der Waals surface area contributed by atoms with Crippen LogP contribution >= 0.6 is 0 Å². The first-order valence-corrected chi connectivity index (χ1v) is 9.80. The molecule has 3 unspecified atom stereocenters. The molecule has 1 fully saturated rings. The lowest BCUT2D eigenvalue weighted by atomic mass is 9.91. The minimum atomic E-state index is -0.743. The molecule has 0 heterocycles. The van der Waals surface area contributed by atoms with Crippen LogP contribution in [0.25, 0.3) is 0 Å². The van der Waals surface area contributed by atoms with E-state index in [1.54, 1.807) is 0 Å². The first-order valence-electron chi connectivity index (χ1n) is 9.80. The molecule has 1 saturated carbocycles. The zero-order valence-corrected chi connectivity index (χ0v) is 15.5. The number of allylic oxidation sites excluding steroid dienone is 3. The number of carbonyl (C=O) groups is 2. The number of hydrogen-bond donors (Lipinski definition) is 2. The van der Waals surface area contributed by atoms with E-state index < -0.39 is 12.1 Å². The number of hydrogen-bond acceptors (Lipinski definition) is 3. The Hall–Kier alpha value is -1.42. The normalized spacial score (nSPS) is 22.2. The molecule has 4 heteroatoms. The molecule has 0 amide bonds. The van der Waals surface area contributed by atoms with E-state index in [1.165, 1.54) is 0 Å². The zero-order chi connectivity index (χ0) is 18.5. The molecule has 0 spiro atoms. The highest BCUT2D eigenvalue weighted by atomic mass is 16.4. The van der Waals surface area contributed by atoms with Crippen LogP contribution in [0.4, 0.5) is 0 Å². The zero-order valence-electron chi connectivity index (χ0n) is 15.5. The van der Waals surface area contributed by atoms with Crippen molar-refractivity contribution in [2.45, 2.75) is 83.7 Å². The number of unbranched alkanes of at least 4 members (excludes halogenated alkanes) is 4. The summed E-state index contributed by atoms with van der Waals surface area (Å²) in [4.78, 5) is 22.5. The van der Waals surface area contributed by atoms with Crippen molar-refractivity contribution in [3.05, 3.63) is 24.3 Å². The predicted octanol–water partition coefficient (Wildman–Crippen LogP) is 4.67. The summed E-state index contributed by atoms with van der Waals surface area (Å²) in [5, 5.41) is 18.6. The molecule has 3 atom stereocenters. The minimum Gasteiger partial charge on any atom is -0.481 e.